The highest BCUT2D eigenvalue weighted by Crippen LogP contribution is 2.15. The maximum atomic E-state index is 12.4. The number of nitrogens with one attached hydrogen (secondary N) is 2. The first-order valence-electron chi connectivity index (χ1n) is 9.10. The Kier molecular flexibility index (Phi) is 7.19. The third-order valence-corrected chi connectivity index (χ3v) is 6.28. The Morgan fingerprint density at radius 3 is 2.14 bits per heavy atom. The summed E-state index contributed by atoms with van der Waals surface area (Å²) in [6, 6.07) is 23.4. The second-order valence-corrected chi connectivity index (χ2v) is 9.19. The fraction of sp³-hybridized carbons (Fsp3) is 0.136. The van der Waals surface area contributed by atoms with Crippen molar-refractivity contribution in [3.05, 3.63) is 94.5 Å². The molecule has 0 aliphatic heterocycles. The lowest BCUT2D eigenvalue weighted by Crippen LogP contribution is -2.26. The van der Waals surface area contributed by atoms with Gasteiger partial charge in [0.2, 0.25) is 15.9 Å². The summed E-state index contributed by atoms with van der Waals surface area (Å²) in [7, 11) is -3.60. The molecule has 3 aromatic rings. The number of anilines is 1. The monoisotopic (exact) mass is 472 g/mol. The predicted octanol–water partition coefficient (Wildman–Crippen LogP) is 4.15. The number of amides is 1. The van der Waals surface area contributed by atoms with Crippen molar-refractivity contribution >= 4 is 37.5 Å². The molecular weight excluding hydrogens is 452 g/mol. The van der Waals surface area contributed by atoms with E-state index in [-0.39, 0.29) is 17.2 Å². The fourth-order valence-electron chi connectivity index (χ4n) is 2.77. The molecule has 0 aliphatic rings. The smallest absolute Gasteiger partial charge is 0.240 e. The number of carbonyl (C=O) groups excluding carboxylic acids is 1. The summed E-state index contributed by atoms with van der Waals surface area (Å²) in [5.74, 6) is -0.163. The van der Waals surface area contributed by atoms with Gasteiger partial charge < -0.3 is 5.32 Å². The van der Waals surface area contributed by atoms with Crippen molar-refractivity contribution in [2.45, 2.75) is 17.7 Å². The van der Waals surface area contributed by atoms with Crippen LogP contribution in [0.3, 0.4) is 0 Å². The Labute approximate surface area is 179 Å². The standard InChI is InChI=1S/C22H21BrN2O3S/c23-19-8-6-18(7-9-19)16-22(26)25-20-10-12-21(13-11-20)29(27,28)24-15-14-17-4-2-1-3-5-17/h1-13,24H,14-16H2,(H,25,26). The topological polar surface area (TPSA) is 75.3 Å². The number of benzene rings is 3. The Morgan fingerprint density at radius 1 is 0.828 bits per heavy atom. The van der Waals surface area contributed by atoms with Crippen molar-refractivity contribution in [2.75, 3.05) is 11.9 Å². The van der Waals surface area contributed by atoms with Crippen LogP contribution < -0.4 is 10.0 Å². The molecule has 0 aromatic heterocycles. The fourth-order valence-corrected chi connectivity index (χ4v) is 4.06. The van der Waals surface area contributed by atoms with Gasteiger partial charge in [0.1, 0.15) is 0 Å². The molecule has 0 aliphatic carbocycles. The van der Waals surface area contributed by atoms with Gasteiger partial charge in [-0.15, -0.1) is 0 Å². The van der Waals surface area contributed by atoms with Crippen LogP contribution in [0.15, 0.2) is 88.2 Å². The Morgan fingerprint density at radius 2 is 1.48 bits per heavy atom. The summed E-state index contributed by atoms with van der Waals surface area (Å²) < 4.78 is 28.4. The summed E-state index contributed by atoms with van der Waals surface area (Å²) in [5.41, 5.74) is 2.52. The summed E-state index contributed by atoms with van der Waals surface area (Å²) >= 11 is 3.36. The zero-order valence-electron chi connectivity index (χ0n) is 15.6. The third-order valence-electron chi connectivity index (χ3n) is 4.27. The molecule has 150 valence electrons. The van der Waals surface area contributed by atoms with Gasteiger partial charge in [-0.25, -0.2) is 13.1 Å². The SMILES string of the molecule is O=C(Cc1ccc(Br)cc1)Nc1ccc(S(=O)(=O)NCCc2ccccc2)cc1. The van der Waals surface area contributed by atoms with Crippen LogP contribution in [0.25, 0.3) is 0 Å². The van der Waals surface area contributed by atoms with Gasteiger partial charge in [-0.3, -0.25) is 4.79 Å². The van der Waals surface area contributed by atoms with Gasteiger partial charge in [0.05, 0.1) is 11.3 Å². The van der Waals surface area contributed by atoms with E-state index in [0.29, 0.717) is 18.7 Å². The summed E-state index contributed by atoms with van der Waals surface area (Å²) in [4.78, 5) is 12.3. The molecule has 0 bridgehead atoms. The quantitative estimate of drug-likeness (QED) is 0.516. The number of halogens is 1. The number of sulfonamides is 1. The highest BCUT2D eigenvalue weighted by molar-refractivity contribution is 9.10. The summed E-state index contributed by atoms with van der Waals surface area (Å²) in [6.45, 7) is 0.317. The molecule has 3 rings (SSSR count). The molecule has 2 N–H and O–H groups in total. The number of rotatable bonds is 8. The van der Waals surface area contributed by atoms with E-state index < -0.39 is 10.0 Å². The van der Waals surface area contributed by atoms with Gasteiger partial charge in [0.15, 0.2) is 0 Å². The van der Waals surface area contributed by atoms with E-state index in [2.05, 4.69) is 26.0 Å². The van der Waals surface area contributed by atoms with Gasteiger partial charge in [0.25, 0.3) is 0 Å². The minimum atomic E-state index is -3.60. The molecule has 0 fully saturated rings. The Balaban J connectivity index is 1.54. The van der Waals surface area contributed by atoms with Crippen molar-refractivity contribution in [3.63, 3.8) is 0 Å². The van der Waals surface area contributed by atoms with Crippen LogP contribution in [0.1, 0.15) is 11.1 Å². The van der Waals surface area contributed by atoms with Crippen LogP contribution in [0.4, 0.5) is 5.69 Å². The first-order valence-corrected chi connectivity index (χ1v) is 11.4. The van der Waals surface area contributed by atoms with E-state index in [9.17, 15) is 13.2 Å². The first-order chi connectivity index (χ1) is 13.9. The zero-order chi connectivity index (χ0) is 20.7. The van der Waals surface area contributed by atoms with Gasteiger partial charge in [-0.2, -0.15) is 0 Å². The lowest BCUT2D eigenvalue weighted by atomic mass is 10.1. The number of hydrogen-bond acceptors (Lipinski definition) is 3. The van der Waals surface area contributed by atoms with Crippen LogP contribution in [0.2, 0.25) is 0 Å². The maximum Gasteiger partial charge on any atom is 0.240 e. The van der Waals surface area contributed by atoms with Gasteiger partial charge in [-0.05, 0) is 53.9 Å². The molecule has 0 atom stereocenters. The van der Waals surface area contributed by atoms with Crippen LogP contribution in [-0.2, 0) is 27.7 Å². The second kappa shape index (κ2) is 9.82. The molecule has 0 radical (unpaired) electrons. The summed E-state index contributed by atoms with van der Waals surface area (Å²) in [6.07, 6.45) is 0.860. The normalized spacial score (nSPS) is 11.2. The lowest BCUT2D eigenvalue weighted by Gasteiger charge is -2.09. The number of carbonyl (C=O) groups is 1. The van der Waals surface area contributed by atoms with Gasteiger partial charge in [-0.1, -0.05) is 58.4 Å². The Hall–Kier alpha value is -2.48. The van der Waals surface area contributed by atoms with Crippen LogP contribution in [0.5, 0.6) is 0 Å². The first kappa shape index (κ1) is 21.2. The summed E-state index contributed by atoms with van der Waals surface area (Å²) in [5, 5.41) is 2.78. The molecule has 0 spiro atoms. The molecule has 0 saturated carbocycles. The lowest BCUT2D eigenvalue weighted by molar-refractivity contribution is -0.115. The van der Waals surface area contributed by atoms with Crippen LogP contribution in [0, 0.1) is 0 Å². The van der Waals surface area contributed by atoms with Crippen molar-refractivity contribution in [3.8, 4) is 0 Å². The molecule has 29 heavy (non-hydrogen) atoms. The van der Waals surface area contributed by atoms with Gasteiger partial charge >= 0.3 is 0 Å². The molecule has 0 heterocycles. The molecule has 0 saturated heterocycles. The van der Waals surface area contributed by atoms with E-state index in [4.69, 9.17) is 0 Å². The average molecular weight is 473 g/mol. The highest BCUT2D eigenvalue weighted by atomic mass is 79.9. The maximum absolute atomic E-state index is 12.4. The van der Waals surface area contributed by atoms with E-state index in [1.807, 2.05) is 54.6 Å². The second-order valence-electron chi connectivity index (χ2n) is 6.51. The van der Waals surface area contributed by atoms with Crippen molar-refractivity contribution in [1.29, 1.82) is 0 Å². The molecule has 1 amide bonds. The van der Waals surface area contributed by atoms with Crippen LogP contribution in [-0.4, -0.2) is 20.9 Å². The molecule has 5 nitrogen and oxygen atoms in total. The van der Waals surface area contributed by atoms with E-state index in [1.165, 1.54) is 12.1 Å². The Bertz CT molecular complexity index is 1050. The van der Waals surface area contributed by atoms with Gasteiger partial charge in [0, 0.05) is 16.7 Å². The molecule has 3 aromatic carbocycles. The number of hydrogen-bond donors (Lipinski definition) is 2. The predicted molar refractivity (Wildman–Crippen MR) is 118 cm³/mol. The average Bonchev–Trinajstić information content (AvgIpc) is 2.71. The third kappa shape index (κ3) is 6.52. The van der Waals surface area contributed by atoms with Crippen LogP contribution >= 0.6 is 15.9 Å². The minimum Gasteiger partial charge on any atom is -0.326 e. The molecule has 7 heteroatoms. The van der Waals surface area contributed by atoms with E-state index in [1.54, 1.807) is 12.1 Å². The largest absolute Gasteiger partial charge is 0.326 e. The zero-order valence-corrected chi connectivity index (χ0v) is 18.0. The van der Waals surface area contributed by atoms with E-state index in [0.717, 1.165) is 15.6 Å². The highest BCUT2D eigenvalue weighted by Gasteiger charge is 2.13. The minimum absolute atomic E-state index is 0.163. The van der Waals surface area contributed by atoms with Crippen molar-refractivity contribution in [2.24, 2.45) is 0 Å². The van der Waals surface area contributed by atoms with Crippen molar-refractivity contribution < 1.29 is 13.2 Å². The van der Waals surface area contributed by atoms with Crippen molar-refractivity contribution in [1.82, 2.24) is 4.72 Å². The van der Waals surface area contributed by atoms with E-state index >= 15 is 0 Å². The molecule has 0 unspecified atom stereocenters. The molecular formula is C22H21BrN2O3S.